The number of hydrogen-bond acceptors (Lipinski definition) is 4. The van der Waals surface area contributed by atoms with Crippen LogP contribution in [-0.2, 0) is 18.0 Å². The van der Waals surface area contributed by atoms with Gasteiger partial charge in [0.1, 0.15) is 11.5 Å². The minimum absolute atomic E-state index is 0.192. The highest BCUT2D eigenvalue weighted by atomic mass is 35.5. The molecule has 0 fully saturated rings. The smallest absolute Gasteiger partial charge is 0.265 e. The van der Waals surface area contributed by atoms with Crippen molar-refractivity contribution in [2.45, 2.75) is 13.2 Å². The van der Waals surface area contributed by atoms with Crippen LogP contribution in [0.5, 0.6) is 0 Å². The minimum Gasteiger partial charge on any atom is -0.370 e. The molecule has 2 aromatic heterocycles. The van der Waals surface area contributed by atoms with Crippen LogP contribution >= 0.6 is 11.6 Å². The summed E-state index contributed by atoms with van der Waals surface area (Å²) in [7, 11) is 0. The summed E-state index contributed by atoms with van der Waals surface area (Å²) in [5.74, 6) is -0.352. The second-order valence-corrected chi connectivity index (χ2v) is 5.36. The van der Waals surface area contributed by atoms with Gasteiger partial charge in [-0.25, -0.2) is 18.8 Å². The second kappa shape index (κ2) is 4.86. The summed E-state index contributed by atoms with van der Waals surface area (Å²) in [5, 5.41) is 0.279. The van der Waals surface area contributed by atoms with Crippen molar-refractivity contribution >= 4 is 17.2 Å². The first-order chi connectivity index (χ1) is 10.6. The minimum atomic E-state index is -0.545. The van der Waals surface area contributed by atoms with Crippen LogP contribution in [0.2, 0.25) is 5.02 Å². The summed E-state index contributed by atoms with van der Waals surface area (Å²) >= 11 is 5.77. The van der Waals surface area contributed by atoms with Gasteiger partial charge in [0.15, 0.2) is 5.82 Å². The largest absolute Gasteiger partial charge is 0.370 e. The van der Waals surface area contributed by atoms with Crippen LogP contribution in [0.4, 0.5) is 4.39 Å². The summed E-state index contributed by atoms with van der Waals surface area (Å²) in [4.78, 5) is 21.2. The molecule has 0 saturated heterocycles. The van der Waals surface area contributed by atoms with Gasteiger partial charge in [0.2, 0.25) is 0 Å². The Hall–Kier alpha value is -2.31. The summed E-state index contributed by atoms with van der Waals surface area (Å²) in [6, 6.07) is 5.84. The molecule has 110 valence electrons. The molecule has 4 rings (SSSR count). The zero-order valence-corrected chi connectivity index (χ0v) is 12.0. The Morgan fingerprint density at radius 1 is 1.27 bits per heavy atom. The highest BCUT2D eigenvalue weighted by Gasteiger charge is 2.21. The van der Waals surface area contributed by atoms with Gasteiger partial charge in [-0.15, -0.1) is 0 Å². The van der Waals surface area contributed by atoms with Crippen molar-refractivity contribution in [2.24, 2.45) is 0 Å². The van der Waals surface area contributed by atoms with Crippen LogP contribution in [-0.4, -0.2) is 14.4 Å². The van der Waals surface area contributed by atoms with Gasteiger partial charge >= 0.3 is 0 Å². The van der Waals surface area contributed by atoms with Crippen LogP contribution in [0.3, 0.4) is 0 Å². The molecule has 1 aliphatic rings. The summed E-state index contributed by atoms with van der Waals surface area (Å²) < 4.78 is 20.8. The second-order valence-electron chi connectivity index (χ2n) is 4.92. The van der Waals surface area contributed by atoms with Crippen LogP contribution in [0.25, 0.3) is 17.0 Å². The molecule has 0 aliphatic carbocycles. The molecule has 22 heavy (non-hydrogen) atoms. The fourth-order valence-corrected chi connectivity index (χ4v) is 2.70. The molecule has 0 amide bonds. The van der Waals surface area contributed by atoms with E-state index in [1.807, 2.05) is 0 Å². The third kappa shape index (κ3) is 1.92. The summed E-state index contributed by atoms with van der Waals surface area (Å²) in [5.41, 5.74) is 1.43. The zero-order chi connectivity index (χ0) is 15.3. The van der Waals surface area contributed by atoms with Crippen molar-refractivity contribution in [1.29, 1.82) is 0 Å². The lowest BCUT2D eigenvalue weighted by Gasteiger charge is -2.09. The Kier molecular flexibility index (Phi) is 2.95. The maximum Gasteiger partial charge on any atom is 0.265 e. The standard InChI is InChI=1S/C15H9ClFN3O2/c16-8-1-2-9(11(17)5-8)14-18-4-3-13-19-12-7-22-6-10(12)15(21)20(13)14/h1-5H,6-7H2. The SMILES string of the molecule is O=c1c2c(nc3ccnc(-c4ccc(Cl)cc4F)n13)COC2. The number of nitrogens with zero attached hydrogens (tertiary/aromatic N) is 3. The van der Waals surface area contributed by atoms with Crippen molar-refractivity contribution in [3.63, 3.8) is 0 Å². The van der Waals surface area contributed by atoms with E-state index in [-0.39, 0.29) is 28.6 Å². The van der Waals surface area contributed by atoms with E-state index in [0.29, 0.717) is 23.5 Å². The van der Waals surface area contributed by atoms with Gasteiger partial charge in [-0.2, -0.15) is 0 Å². The molecule has 7 heteroatoms. The molecule has 0 saturated carbocycles. The number of halogens is 2. The number of fused-ring (bicyclic) bond motifs is 2. The first-order valence-corrected chi connectivity index (χ1v) is 6.95. The number of rotatable bonds is 1. The third-order valence-electron chi connectivity index (χ3n) is 3.58. The molecule has 3 heterocycles. The van der Waals surface area contributed by atoms with E-state index in [0.717, 1.165) is 0 Å². The molecule has 0 radical (unpaired) electrons. The fraction of sp³-hybridized carbons (Fsp3) is 0.133. The van der Waals surface area contributed by atoms with Gasteiger partial charge in [-0.3, -0.25) is 4.79 Å². The van der Waals surface area contributed by atoms with E-state index < -0.39 is 5.82 Å². The van der Waals surface area contributed by atoms with Gasteiger partial charge in [0.05, 0.1) is 30.0 Å². The molecular weight excluding hydrogens is 309 g/mol. The Labute approximate surface area is 129 Å². The van der Waals surface area contributed by atoms with E-state index in [1.165, 1.54) is 22.7 Å². The molecule has 0 N–H and O–H groups in total. The van der Waals surface area contributed by atoms with Gasteiger partial charge in [-0.1, -0.05) is 11.6 Å². The van der Waals surface area contributed by atoms with Crippen molar-refractivity contribution in [2.75, 3.05) is 0 Å². The van der Waals surface area contributed by atoms with E-state index in [1.54, 1.807) is 12.1 Å². The van der Waals surface area contributed by atoms with Gasteiger partial charge in [0, 0.05) is 11.2 Å². The summed E-state index contributed by atoms with van der Waals surface area (Å²) in [6.07, 6.45) is 1.49. The fourth-order valence-electron chi connectivity index (χ4n) is 2.54. The number of ether oxygens (including phenoxy) is 1. The van der Waals surface area contributed by atoms with Gasteiger partial charge < -0.3 is 4.74 Å². The average molecular weight is 318 g/mol. The van der Waals surface area contributed by atoms with Crippen molar-refractivity contribution in [1.82, 2.24) is 14.4 Å². The number of benzene rings is 1. The monoisotopic (exact) mass is 317 g/mol. The molecule has 0 atom stereocenters. The van der Waals surface area contributed by atoms with Crippen LogP contribution < -0.4 is 5.56 Å². The first-order valence-electron chi connectivity index (χ1n) is 6.58. The van der Waals surface area contributed by atoms with Gasteiger partial charge in [-0.05, 0) is 24.3 Å². The quantitative estimate of drug-likeness (QED) is 0.692. The maximum absolute atomic E-state index is 14.2. The number of aromatic nitrogens is 3. The molecule has 5 nitrogen and oxygen atoms in total. The number of hydrogen-bond donors (Lipinski definition) is 0. The molecule has 1 aliphatic heterocycles. The van der Waals surface area contributed by atoms with Crippen LogP contribution in [0.1, 0.15) is 11.3 Å². The van der Waals surface area contributed by atoms with E-state index in [2.05, 4.69) is 9.97 Å². The van der Waals surface area contributed by atoms with Crippen LogP contribution in [0, 0.1) is 5.82 Å². The van der Waals surface area contributed by atoms with Crippen LogP contribution in [0.15, 0.2) is 35.3 Å². The summed E-state index contributed by atoms with van der Waals surface area (Å²) in [6.45, 7) is 0.523. The first kappa shape index (κ1) is 13.4. The van der Waals surface area contributed by atoms with E-state index in [9.17, 15) is 9.18 Å². The third-order valence-corrected chi connectivity index (χ3v) is 3.81. The van der Waals surface area contributed by atoms with Crippen molar-refractivity contribution < 1.29 is 9.13 Å². The van der Waals surface area contributed by atoms with E-state index >= 15 is 0 Å². The molecule has 1 aromatic carbocycles. The average Bonchev–Trinajstić information content (AvgIpc) is 2.95. The highest BCUT2D eigenvalue weighted by molar-refractivity contribution is 6.30. The van der Waals surface area contributed by atoms with Crippen molar-refractivity contribution in [3.8, 4) is 11.4 Å². The molecule has 0 bridgehead atoms. The predicted molar refractivity (Wildman–Crippen MR) is 78.2 cm³/mol. The van der Waals surface area contributed by atoms with E-state index in [4.69, 9.17) is 16.3 Å². The molecule has 0 spiro atoms. The predicted octanol–water partition coefficient (Wildman–Crippen LogP) is 2.58. The Morgan fingerprint density at radius 2 is 2.14 bits per heavy atom. The molecular formula is C15H9ClFN3O2. The lowest BCUT2D eigenvalue weighted by Crippen LogP contribution is -2.22. The maximum atomic E-state index is 14.2. The van der Waals surface area contributed by atoms with Crippen molar-refractivity contribution in [3.05, 3.63) is 62.9 Å². The Morgan fingerprint density at radius 3 is 2.95 bits per heavy atom. The van der Waals surface area contributed by atoms with Gasteiger partial charge in [0.25, 0.3) is 5.56 Å². The zero-order valence-electron chi connectivity index (χ0n) is 11.2. The molecule has 0 unspecified atom stereocenters. The normalized spacial score (nSPS) is 13.5. The molecule has 3 aromatic rings. The highest BCUT2D eigenvalue weighted by Crippen LogP contribution is 2.24. The topological polar surface area (TPSA) is 56.5 Å². The Bertz CT molecular complexity index is 971. The lowest BCUT2D eigenvalue weighted by molar-refractivity contribution is 0.133. The lowest BCUT2D eigenvalue weighted by atomic mass is 10.2. The Balaban J connectivity index is 2.09.